The topological polar surface area (TPSA) is 107 Å². The first-order valence-corrected chi connectivity index (χ1v) is 7.43. The summed E-state index contributed by atoms with van der Waals surface area (Å²) in [5.74, 6) is 0.329. The lowest BCUT2D eigenvalue weighted by Gasteiger charge is -2.22. The molecule has 0 aromatic carbocycles. The molecule has 2 aromatic rings. The third-order valence-electron chi connectivity index (χ3n) is 3.98. The molecule has 0 aliphatic carbocycles. The minimum absolute atomic E-state index is 0.244. The van der Waals surface area contributed by atoms with Crippen LogP contribution in [0.1, 0.15) is 13.2 Å². The van der Waals surface area contributed by atoms with E-state index in [1.165, 1.54) is 6.33 Å². The number of rotatable bonds is 6. The molecule has 4 atom stereocenters. The van der Waals surface area contributed by atoms with Gasteiger partial charge in [0.2, 0.25) is 0 Å². The highest BCUT2D eigenvalue weighted by atomic mass is 16.6. The van der Waals surface area contributed by atoms with Gasteiger partial charge in [0.1, 0.15) is 30.2 Å². The van der Waals surface area contributed by atoms with Gasteiger partial charge < -0.3 is 24.7 Å². The number of nitrogens with two attached hydrogens (primary N) is 1. The van der Waals surface area contributed by atoms with Gasteiger partial charge in [-0.25, -0.2) is 15.0 Å². The first-order valence-electron chi connectivity index (χ1n) is 7.43. The average molecular weight is 323 g/mol. The lowest BCUT2D eigenvalue weighted by atomic mass is 10.1. The van der Waals surface area contributed by atoms with Crippen molar-refractivity contribution in [2.24, 2.45) is 0 Å². The van der Waals surface area contributed by atoms with Gasteiger partial charge in [0.15, 0.2) is 17.7 Å². The Morgan fingerprint density at radius 1 is 1.22 bits per heavy atom. The number of hydrogen-bond acceptors (Lipinski definition) is 8. The fourth-order valence-corrected chi connectivity index (χ4v) is 2.89. The Morgan fingerprint density at radius 2 is 2.00 bits per heavy atom. The predicted molar refractivity (Wildman–Crippen MR) is 81.7 cm³/mol. The molecular formula is C14H21N5O4. The molecule has 0 amide bonds. The van der Waals surface area contributed by atoms with Crippen LogP contribution >= 0.6 is 0 Å². The third-order valence-corrected chi connectivity index (χ3v) is 3.98. The van der Waals surface area contributed by atoms with Crippen molar-refractivity contribution in [2.75, 3.05) is 33.2 Å². The summed E-state index contributed by atoms with van der Waals surface area (Å²) < 4.78 is 24.6. The monoisotopic (exact) mass is 323 g/mol. The van der Waals surface area contributed by atoms with Gasteiger partial charge in [0.05, 0.1) is 12.9 Å². The van der Waals surface area contributed by atoms with Crippen LogP contribution in [0.15, 0.2) is 12.7 Å². The van der Waals surface area contributed by atoms with E-state index in [0.717, 1.165) is 0 Å². The maximum atomic E-state index is 6.11. The Balaban J connectivity index is 1.95. The lowest BCUT2D eigenvalue weighted by molar-refractivity contribution is -0.0689. The van der Waals surface area contributed by atoms with E-state index >= 15 is 0 Å². The molecule has 0 bridgehead atoms. The van der Waals surface area contributed by atoms with E-state index in [1.807, 2.05) is 6.92 Å². The van der Waals surface area contributed by atoms with Crippen LogP contribution < -0.4 is 5.73 Å². The number of hydrogen-bond donors (Lipinski definition) is 1. The van der Waals surface area contributed by atoms with Gasteiger partial charge in [-0.15, -0.1) is 0 Å². The van der Waals surface area contributed by atoms with E-state index in [9.17, 15) is 0 Å². The molecule has 1 aliphatic rings. The molecule has 3 rings (SSSR count). The van der Waals surface area contributed by atoms with E-state index in [0.29, 0.717) is 30.2 Å². The molecule has 2 N–H and O–H groups in total. The normalized spacial score (nSPS) is 27.8. The maximum absolute atomic E-state index is 6.11. The van der Waals surface area contributed by atoms with Crippen molar-refractivity contribution in [1.82, 2.24) is 19.5 Å². The number of imidazole rings is 1. The van der Waals surface area contributed by atoms with Crippen molar-refractivity contribution in [1.29, 1.82) is 0 Å². The summed E-state index contributed by atoms with van der Waals surface area (Å²) in [6.07, 6.45) is 1.77. The summed E-state index contributed by atoms with van der Waals surface area (Å²) in [6, 6.07) is 0. The van der Waals surface area contributed by atoms with Crippen molar-refractivity contribution in [3.8, 4) is 0 Å². The number of ether oxygens (including phenoxy) is 4. The Bertz CT molecular complexity index is 664. The molecule has 0 spiro atoms. The summed E-state index contributed by atoms with van der Waals surface area (Å²) in [6.45, 7) is 2.97. The van der Waals surface area contributed by atoms with Gasteiger partial charge in [0, 0.05) is 20.8 Å². The van der Waals surface area contributed by atoms with E-state index in [-0.39, 0.29) is 18.3 Å². The number of aromatic nitrogens is 4. The highest BCUT2D eigenvalue weighted by Gasteiger charge is 2.46. The van der Waals surface area contributed by atoms with Gasteiger partial charge in [-0.2, -0.15) is 0 Å². The number of fused-ring (bicyclic) bond motifs is 1. The molecule has 0 radical (unpaired) electrons. The molecule has 126 valence electrons. The van der Waals surface area contributed by atoms with Crippen LogP contribution in [0.25, 0.3) is 11.2 Å². The number of methoxy groups -OCH3 is 2. The molecule has 1 saturated heterocycles. The Hall–Kier alpha value is -1.81. The van der Waals surface area contributed by atoms with Gasteiger partial charge in [-0.3, -0.25) is 4.57 Å². The number of nitrogens with zero attached hydrogens (tertiary/aromatic N) is 4. The third kappa shape index (κ3) is 2.76. The molecule has 9 nitrogen and oxygen atoms in total. The molecular weight excluding hydrogens is 302 g/mol. The summed E-state index contributed by atoms with van der Waals surface area (Å²) in [5.41, 5.74) is 6.97. The highest BCUT2D eigenvalue weighted by molar-refractivity contribution is 5.81. The first-order chi connectivity index (χ1) is 11.2. The van der Waals surface area contributed by atoms with Gasteiger partial charge in [-0.05, 0) is 6.92 Å². The van der Waals surface area contributed by atoms with Crippen molar-refractivity contribution in [3.63, 3.8) is 0 Å². The number of anilines is 1. The molecule has 2 aromatic heterocycles. The molecule has 0 unspecified atom stereocenters. The lowest BCUT2D eigenvalue weighted by Crippen LogP contribution is -2.37. The zero-order valence-corrected chi connectivity index (χ0v) is 13.4. The number of nitrogen functional groups attached to an aromatic ring is 1. The Labute approximate surface area is 133 Å². The van der Waals surface area contributed by atoms with Crippen LogP contribution in [-0.2, 0) is 18.9 Å². The molecule has 1 aliphatic heterocycles. The first kappa shape index (κ1) is 16.1. The van der Waals surface area contributed by atoms with Crippen molar-refractivity contribution < 1.29 is 18.9 Å². The largest absolute Gasteiger partial charge is 0.382 e. The van der Waals surface area contributed by atoms with Crippen molar-refractivity contribution >= 4 is 17.0 Å². The van der Waals surface area contributed by atoms with Gasteiger partial charge >= 0.3 is 0 Å². The quantitative estimate of drug-likeness (QED) is 0.813. The van der Waals surface area contributed by atoms with Crippen LogP contribution in [0.2, 0.25) is 0 Å². The van der Waals surface area contributed by atoms with Gasteiger partial charge in [0.25, 0.3) is 0 Å². The standard InChI is InChI=1S/C14H21N5O4/c1-4-22-5-8-10(20-2)11(21-3)14(23-8)19-7-18-9-12(15)16-6-17-13(9)19/h6-8,10-11,14H,4-5H2,1-3H3,(H2,15,16,17)/t8-,10-,11-,14-/m1/s1. The second-order valence-corrected chi connectivity index (χ2v) is 5.21. The van der Waals surface area contributed by atoms with Crippen LogP contribution in [0.3, 0.4) is 0 Å². The maximum Gasteiger partial charge on any atom is 0.167 e. The zero-order valence-electron chi connectivity index (χ0n) is 13.4. The van der Waals surface area contributed by atoms with Crippen LogP contribution in [-0.4, -0.2) is 65.3 Å². The van der Waals surface area contributed by atoms with Crippen LogP contribution in [0.5, 0.6) is 0 Å². The minimum Gasteiger partial charge on any atom is -0.382 e. The van der Waals surface area contributed by atoms with Crippen LogP contribution in [0.4, 0.5) is 5.82 Å². The Kier molecular flexibility index (Phi) is 4.71. The second kappa shape index (κ2) is 6.75. The fraction of sp³-hybridized carbons (Fsp3) is 0.643. The summed E-state index contributed by atoms with van der Waals surface area (Å²) >= 11 is 0. The van der Waals surface area contributed by atoms with Crippen LogP contribution in [0, 0.1) is 0 Å². The van der Waals surface area contributed by atoms with Crippen molar-refractivity contribution in [3.05, 3.63) is 12.7 Å². The smallest absolute Gasteiger partial charge is 0.167 e. The zero-order chi connectivity index (χ0) is 16.4. The average Bonchev–Trinajstić information content (AvgIpc) is 3.13. The molecule has 3 heterocycles. The van der Waals surface area contributed by atoms with E-state index in [4.69, 9.17) is 24.7 Å². The highest BCUT2D eigenvalue weighted by Crippen LogP contribution is 2.35. The fourth-order valence-electron chi connectivity index (χ4n) is 2.89. The van der Waals surface area contributed by atoms with E-state index < -0.39 is 6.23 Å². The Morgan fingerprint density at radius 3 is 2.70 bits per heavy atom. The predicted octanol–water partition coefficient (Wildman–Crippen LogP) is 0.372. The molecule has 9 heteroatoms. The molecule has 0 saturated carbocycles. The summed E-state index contributed by atoms with van der Waals surface area (Å²) in [4.78, 5) is 12.5. The second-order valence-electron chi connectivity index (χ2n) is 5.21. The summed E-state index contributed by atoms with van der Waals surface area (Å²) in [7, 11) is 3.26. The van der Waals surface area contributed by atoms with Crippen molar-refractivity contribution in [2.45, 2.75) is 31.5 Å². The molecule has 23 heavy (non-hydrogen) atoms. The van der Waals surface area contributed by atoms with E-state index in [1.54, 1.807) is 25.1 Å². The minimum atomic E-state index is -0.435. The SMILES string of the molecule is CCOC[C@H]1O[C@@H](n2cnc3c(N)ncnc32)[C@H](OC)[C@@H]1OC. The summed E-state index contributed by atoms with van der Waals surface area (Å²) in [5, 5.41) is 0. The van der Waals surface area contributed by atoms with E-state index in [2.05, 4.69) is 15.0 Å². The molecule has 1 fully saturated rings. The van der Waals surface area contributed by atoms with Gasteiger partial charge in [-0.1, -0.05) is 0 Å².